The van der Waals surface area contributed by atoms with Gasteiger partial charge in [0.15, 0.2) is 0 Å². The van der Waals surface area contributed by atoms with Crippen molar-refractivity contribution in [2.45, 2.75) is 76.0 Å². The van der Waals surface area contributed by atoms with E-state index in [1.54, 1.807) is 35.3 Å². The second kappa shape index (κ2) is 19.8. The molecule has 1 aliphatic heterocycles. The number of oxime groups is 1. The third kappa shape index (κ3) is 9.08. The van der Waals surface area contributed by atoms with Crippen LogP contribution in [0.5, 0.6) is 11.5 Å². The third-order valence-electron chi connectivity index (χ3n) is 9.83. The minimum atomic E-state index is -1.44. The van der Waals surface area contributed by atoms with Gasteiger partial charge >= 0.3 is 6.09 Å². The van der Waals surface area contributed by atoms with E-state index in [1.165, 1.54) is 0 Å². The summed E-state index contributed by atoms with van der Waals surface area (Å²) in [7, 11) is 0. The molecule has 12 nitrogen and oxygen atoms in total. The molecule has 6 atom stereocenters. The molecule has 1 aromatic carbocycles. The number of fused-ring (bicyclic) bond motifs is 2. The van der Waals surface area contributed by atoms with Crippen LogP contribution >= 0.6 is 0 Å². The molecule has 12 heteroatoms. The minimum Gasteiger partial charge on any atom is -0.508 e. The normalized spacial score (nSPS) is 25.9. The van der Waals surface area contributed by atoms with Crippen LogP contribution < -0.4 is 4.74 Å². The van der Waals surface area contributed by atoms with E-state index in [9.17, 15) is 25.2 Å². The van der Waals surface area contributed by atoms with Crippen molar-refractivity contribution in [2.75, 3.05) is 59.4 Å². The highest BCUT2D eigenvalue weighted by molar-refractivity contribution is 6.02. The van der Waals surface area contributed by atoms with Gasteiger partial charge in [-0.05, 0) is 74.6 Å². The fourth-order valence-electron chi connectivity index (χ4n) is 7.82. The summed E-state index contributed by atoms with van der Waals surface area (Å²) in [5.74, 6) is -1.41. The molecule has 1 heterocycles. The number of benzene rings is 1. The van der Waals surface area contributed by atoms with E-state index in [-0.39, 0.29) is 82.7 Å². The van der Waals surface area contributed by atoms with Crippen LogP contribution in [0, 0.1) is 17.8 Å². The number of allylic oxidation sites excluding steroid dienone is 1. The molecule has 0 bridgehead atoms. The highest BCUT2D eigenvalue weighted by Gasteiger charge is 2.65. The summed E-state index contributed by atoms with van der Waals surface area (Å²) in [6.07, 6.45) is 10.2. The number of aliphatic hydroxyl groups excluding tert-OH is 3. The molecule has 1 amide bonds. The molecule has 0 radical (unpaired) electrons. The number of amides is 1. The fourth-order valence-corrected chi connectivity index (χ4v) is 7.82. The van der Waals surface area contributed by atoms with E-state index in [0.717, 1.165) is 36.8 Å². The summed E-state index contributed by atoms with van der Waals surface area (Å²) < 4.78 is 25.3. The van der Waals surface area contributed by atoms with E-state index >= 15 is 0 Å². The van der Waals surface area contributed by atoms with Crippen LogP contribution in [0.4, 0.5) is 4.79 Å². The molecule has 3 aliphatic rings. The van der Waals surface area contributed by atoms with Crippen molar-refractivity contribution in [1.29, 1.82) is 0 Å². The Morgan fingerprint density at radius 2 is 1.84 bits per heavy atom. The number of hydrogen-bond donors (Lipinski definition) is 4. The molecule has 0 aromatic heterocycles. The van der Waals surface area contributed by atoms with Gasteiger partial charge in [-0.3, -0.25) is 4.90 Å². The molecule has 50 heavy (non-hydrogen) atoms. The fraction of sp³-hybridized carbons (Fsp3) is 0.632. The number of aliphatic hydroxyl groups is 3. The van der Waals surface area contributed by atoms with Crippen molar-refractivity contribution >= 4 is 11.8 Å². The molecule has 1 saturated carbocycles. The number of nitrogens with zero attached hydrogens (tertiary/aromatic N) is 2. The van der Waals surface area contributed by atoms with Crippen LogP contribution in [0.25, 0.3) is 0 Å². The van der Waals surface area contributed by atoms with Crippen molar-refractivity contribution in [3.05, 3.63) is 60.7 Å². The molecule has 2 aliphatic carbocycles. The zero-order valence-electron chi connectivity index (χ0n) is 29.4. The Hall–Kier alpha value is -3.42. The number of carbonyl (C=O) groups is 1. The molecule has 0 unspecified atom stereocenters. The Morgan fingerprint density at radius 3 is 2.54 bits per heavy atom. The quantitative estimate of drug-likeness (QED) is 0.0731. The molecule has 4 rings (SSSR count). The molecule has 1 aromatic rings. The van der Waals surface area contributed by atoms with Gasteiger partial charge < -0.3 is 44.2 Å². The molecular weight excluding hydrogens is 644 g/mol. The van der Waals surface area contributed by atoms with Gasteiger partial charge in [0.1, 0.15) is 24.1 Å². The minimum absolute atomic E-state index is 0.0399. The van der Waals surface area contributed by atoms with Gasteiger partial charge in [-0.25, -0.2) is 4.79 Å². The van der Waals surface area contributed by atoms with Gasteiger partial charge in [0.2, 0.25) is 5.79 Å². The van der Waals surface area contributed by atoms with Gasteiger partial charge in [-0.15, -0.1) is 13.2 Å². The standard InChI is InChI=1S/C38H56N2O10/c1-4-7-21-47-37(45)40(16-22-46-23-19-43)34-26-32(39-49-6-3)30-24-27(12-8-10-17-41)29(13-9-11-18-42)35-31-25-28(44)14-15-33(31)50-38(34,36(30)35)48-20-5-2/h4-5,14-15,24-25,27,29,34-36,41-44H,1-2,6-13,16-23,26H2,3H3/t27-,29+,34-,35+,36+,38+/m0/s1. The number of carbonyl (C=O) groups excluding carboxylic acids is 1. The Kier molecular flexibility index (Phi) is 15.6. The van der Waals surface area contributed by atoms with Gasteiger partial charge in [-0.2, -0.15) is 0 Å². The first kappa shape index (κ1) is 39.4. The maximum atomic E-state index is 14.0. The predicted octanol–water partition coefficient (Wildman–Crippen LogP) is 5.07. The number of phenolic OH excluding ortho intramolecular Hbond substituents is 1. The predicted molar refractivity (Wildman–Crippen MR) is 189 cm³/mol. The summed E-state index contributed by atoms with van der Waals surface area (Å²) in [5, 5.41) is 44.2. The number of rotatable bonds is 22. The highest BCUT2D eigenvalue weighted by atomic mass is 16.7. The molecule has 0 saturated heterocycles. The Labute approximate surface area is 296 Å². The maximum Gasteiger partial charge on any atom is 0.410 e. The first-order valence-electron chi connectivity index (χ1n) is 18.0. The SMILES string of the molecule is C=CCCOC(=O)N(CCOCCO)[C@H]1CC(=NOCC)C2=C[C@H](CCCCO)[C@@H](CCCCO)[C@@H]3c4cc(O)ccc4O[C@@]1(OCC=C)[C@H]23. The lowest BCUT2D eigenvalue weighted by Gasteiger charge is -2.59. The number of phenols is 1. The number of hydrogen-bond acceptors (Lipinski definition) is 11. The monoisotopic (exact) mass is 700 g/mol. The van der Waals surface area contributed by atoms with Crippen LogP contribution in [0.1, 0.15) is 69.8 Å². The topological polar surface area (TPSA) is 160 Å². The second-order valence-electron chi connectivity index (χ2n) is 12.9. The molecule has 1 fully saturated rings. The summed E-state index contributed by atoms with van der Waals surface area (Å²) in [6.45, 7) is 10.5. The lowest BCUT2D eigenvalue weighted by molar-refractivity contribution is -0.256. The summed E-state index contributed by atoms with van der Waals surface area (Å²) in [6, 6.07) is 4.33. The highest BCUT2D eigenvalue weighted by Crippen LogP contribution is 2.61. The summed E-state index contributed by atoms with van der Waals surface area (Å²) >= 11 is 0. The van der Waals surface area contributed by atoms with Crippen LogP contribution in [-0.2, 0) is 19.0 Å². The van der Waals surface area contributed by atoms with E-state index in [2.05, 4.69) is 24.4 Å². The van der Waals surface area contributed by atoms with Crippen LogP contribution in [0.3, 0.4) is 0 Å². The number of unbranched alkanes of at least 4 members (excludes halogenated alkanes) is 2. The molecule has 4 N–H and O–H groups in total. The lowest BCUT2D eigenvalue weighted by atomic mass is 9.55. The van der Waals surface area contributed by atoms with Crippen LogP contribution in [0.15, 0.2) is 60.3 Å². The zero-order valence-corrected chi connectivity index (χ0v) is 29.4. The Morgan fingerprint density at radius 1 is 1.06 bits per heavy atom. The summed E-state index contributed by atoms with van der Waals surface area (Å²) in [5.41, 5.74) is 2.40. The molecular formula is C38H56N2O10. The van der Waals surface area contributed by atoms with Gasteiger partial charge in [0.25, 0.3) is 0 Å². The second-order valence-corrected chi connectivity index (χ2v) is 12.9. The lowest BCUT2D eigenvalue weighted by Crippen LogP contribution is -2.70. The van der Waals surface area contributed by atoms with Crippen molar-refractivity contribution < 1.29 is 49.0 Å². The number of aromatic hydroxyl groups is 1. The van der Waals surface area contributed by atoms with Crippen molar-refractivity contribution in [1.82, 2.24) is 4.90 Å². The zero-order chi connectivity index (χ0) is 35.9. The van der Waals surface area contributed by atoms with E-state index < -0.39 is 23.8 Å². The summed E-state index contributed by atoms with van der Waals surface area (Å²) in [4.78, 5) is 21.3. The number of ether oxygens (including phenoxy) is 4. The smallest absolute Gasteiger partial charge is 0.410 e. The average Bonchev–Trinajstić information content (AvgIpc) is 3.11. The van der Waals surface area contributed by atoms with Crippen molar-refractivity contribution in [3.8, 4) is 11.5 Å². The maximum absolute atomic E-state index is 14.0. The first-order valence-corrected chi connectivity index (χ1v) is 18.0. The van der Waals surface area contributed by atoms with Crippen molar-refractivity contribution in [2.24, 2.45) is 22.9 Å². The van der Waals surface area contributed by atoms with Gasteiger partial charge in [0, 0.05) is 37.7 Å². The van der Waals surface area contributed by atoms with Crippen LogP contribution in [0.2, 0.25) is 0 Å². The Bertz CT molecular complexity index is 1320. The largest absolute Gasteiger partial charge is 0.508 e. The van der Waals surface area contributed by atoms with Crippen LogP contribution in [-0.4, -0.2) is 108 Å². The third-order valence-corrected chi connectivity index (χ3v) is 9.83. The Balaban J connectivity index is 1.98. The van der Waals surface area contributed by atoms with E-state index in [4.69, 9.17) is 23.8 Å². The van der Waals surface area contributed by atoms with Gasteiger partial charge in [0.05, 0.1) is 44.7 Å². The average molecular weight is 701 g/mol. The van der Waals surface area contributed by atoms with E-state index in [1.807, 2.05) is 6.92 Å². The first-order chi connectivity index (χ1) is 24.4. The van der Waals surface area contributed by atoms with Crippen molar-refractivity contribution in [3.63, 3.8) is 0 Å². The van der Waals surface area contributed by atoms with Gasteiger partial charge in [-0.1, -0.05) is 36.2 Å². The molecule has 278 valence electrons. The molecule has 0 spiro atoms. The van der Waals surface area contributed by atoms with E-state index in [0.29, 0.717) is 37.3 Å².